The molecule has 0 saturated carbocycles. The van der Waals surface area contributed by atoms with Gasteiger partial charge in [-0.3, -0.25) is 4.79 Å². The SMILES string of the molecule is C=CCCCC(=O)c1cc(C)c(F)cc1F. The fourth-order valence-corrected chi connectivity index (χ4v) is 1.41. The van der Waals surface area contributed by atoms with Crippen molar-refractivity contribution in [1.29, 1.82) is 0 Å². The van der Waals surface area contributed by atoms with Gasteiger partial charge in [-0.1, -0.05) is 6.08 Å². The van der Waals surface area contributed by atoms with Crippen molar-refractivity contribution in [3.63, 3.8) is 0 Å². The number of benzene rings is 1. The Morgan fingerprint density at radius 2 is 2.06 bits per heavy atom. The third-order valence-corrected chi connectivity index (χ3v) is 2.36. The Kier molecular flexibility index (Phi) is 4.35. The van der Waals surface area contributed by atoms with Gasteiger partial charge < -0.3 is 0 Å². The number of halogens is 2. The minimum atomic E-state index is -0.785. The van der Waals surface area contributed by atoms with E-state index in [0.717, 1.165) is 6.07 Å². The predicted molar refractivity (Wildman–Crippen MR) is 59.5 cm³/mol. The van der Waals surface area contributed by atoms with Crippen LogP contribution in [0.4, 0.5) is 8.78 Å². The molecule has 0 aliphatic carbocycles. The van der Waals surface area contributed by atoms with Gasteiger partial charge in [-0.25, -0.2) is 8.78 Å². The van der Waals surface area contributed by atoms with Crippen LogP contribution < -0.4 is 0 Å². The molecule has 16 heavy (non-hydrogen) atoms. The van der Waals surface area contributed by atoms with Crippen molar-refractivity contribution < 1.29 is 13.6 Å². The topological polar surface area (TPSA) is 17.1 Å². The molecule has 0 atom stereocenters. The molecule has 0 saturated heterocycles. The Morgan fingerprint density at radius 3 is 2.69 bits per heavy atom. The van der Waals surface area contributed by atoms with E-state index in [1.165, 1.54) is 13.0 Å². The molecular weight excluding hydrogens is 210 g/mol. The summed E-state index contributed by atoms with van der Waals surface area (Å²) in [5.41, 5.74) is 0.261. The molecule has 0 aliphatic heterocycles. The number of ketones is 1. The van der Waals surface area contributed by atoms with Crippen LogP contribution >= 0.6 is 0 Å². The molecule has 0 bridgehead atoms. The maximum absolute atomic E-state index is 13.3. The highest BCUT2D eigenvalue weighted by Gasteiger charge is 2.13. The Hall–Kier alpha value is -1.51. The van der Waals surface area contributed by atoms with Crippen LogP contribution in [0.15, 0.2) is 24.8 Å². The molecule has 0 unspecified atom stereocenters. The molecule has 1 rings (SSSR count). The molecule has 0 N–H and O–H groups in total. The molecule has 0 heterocycles. The Bertz CT molecular complexity index is 411. The number of hydrogen-bond acceptors (Lipinski definition) is 1. The molecule has 0 radical (unpaired) electrons. The largest absolute Gasteiger partial charge is 0.294 e. The second-order valence-corrected chi connectivity index (χ2v) is 3.69. The second-order valence-electron chi connectivity index (χ2n) is 3.69. The first-order valence-electron chi connectivity index (χ1n) is 5.16. The van der Waals surface area contributed by atoms with E-state index < -0.39 is 11.6 Å². The number of rotatable bonds is 5. The number of allylic oxidation sites excluding steroid dienone is 1. The molecule has 1 aromatic rings. The third-order valence-electron chi connectivity index (χ3n) is 2.36. The molecule has 0 aromatic heterocycles. The van der Waals surface area contributed by atoms with E-state index in [4.69, 9.17) is 0 Å². The highest BCUT2D eigenvalue weighted by molar-refractivity contribution is 5.96. The number of unbranched alkanes of at least 4 members (excludes halogenated alkanes) is 1. The molecule has 1 aromatic carbocycles. The van der Waals surface area contributed by atoms with Crippen molar-refractivity contribution in [2.75, 3.05) is 0 Å². The normalized spacial score (nSPS) is 10.2. The monoisotopic (exact) mass is 224 g/mol. The minimum Gasteiger partial charge on any atom is -0.294 e. The maximum Gasteiger partial charge on any atom is 0.165 e. The van der Waals surface area contributed by atoms with Crippen molar-refractivity contribution in [1.82, 2.24) is 0 Å². The summed E-state index contributed by atoms with van der Waals surface area (Å²) in [6.07, 6.45) is 3.32. The van der Waals surface area contributed by atoms with Crippen LogP contribution in [0, 0.1) is 18.6 Å². The van der Waals surface area contributed by atoms with E-state index in [0.29, 0.717) is 12.8 Å². The van der Waals surface area contributed by atoms with Crippen molar-refractivity contribution >= 4 is 5.78 Å². The third kappa shape index (κ3) is 2.99. The highest BCUT2D eigenvalue weighted by atomic mass is 19.1. The van der Waals surface area contributed by atoms with E-state index in [1.807, 2.05) is 0 Å². The fourth-order valence-electron chi connectivity index (χ4n) is 1.41. The van der Waals surface area contributed by atoms with E-state index in [1.54, 1.807) is 6.08 Å². The lowest BCUT2D eigenvalue weighted by Gasteiger charge is -2.04. The van der Waals surface area contributed by atoms with Crippen molar-refractivity contribution in [2.45, 2.75) is 26.2 Å². The number of carbonyl (C=O) groups is 1. The first-order valence-corrected chi connectivity index (χ1v) is 5.16. The fraction of sp³-hybridized carbons (Fsp3) is 0.308. The van der Waals surface area contributed by atoms with Gasteiger partial charge in [-0.2, -0.15) is 0 Å². The van der Waals surface area contributed by atoms with Gasteiger partial charge in [0, 0.05) is 12.5 Å². The van der Waals surface area contributed by atoms with Crippen LogP contribution in [0.5, 0.6) is 0 Å². The quantitative estimate of drug-likeness (QED) is 0.422. The summed E-state index contributed by atoms with van der Waals surface area (Å²) in [5, 5.41) is 0. The maximum atomic E-state index is 13.3. The summed E-state index contributed by atoms with van der Waals surface area (Å²) in [6, 6.07) is 2.02. The summed E-state index contributed by atoms with van der Waals surface area (Å²) < 4.78 is 26.3. The van der Waals surface area contributed by atoms with Crippen molar-refractivity contribution in [3.05, 3.63) is 47.5 Å². The average molecular weight is 224 g/mol. The Labute approximate surface area is 93.8 Å². The molecule has 0 aliphatic rings. The summed E-state index contributed by atoms with van der Waals surface area (Å²) in [5.74, 6) is -1.70. The average Bonchev–Trinajstić information content (AvgIpc) is 2.23. The predicted octanol–water partition coefficient (Wildman–Crippen LogP) is 3.81. The van der Waals surface area contributed by atoms with Crippen LogP contribution in [0.2, 0.25) is 0 Å². The zero-order chi connectivity index (χ0) is 12.1. The summed E-state index contributed by atoms with van der Waals surface area (Å²) in [4.78, 5) is 11.6. The molecule has 0 amide bonds. The van der Waals surface area contributed by atoms with Crippen LogP contribution in [0.1, 0.15) is 35.2 Å². The van der Waals surface area contributed by atoms with E-state index in [2.05, 4.69) is 6.58 Å². The second kappa shape index (κ2) is 5.54. The molecule has 1 nitrogen and oxygen atoms in total. The van der Waals surface area contributed by atoms with Gasteiger partial charge in [0.15, 0.2) is 5.78 Å². The van der Waals surface area contributed by atoms with Gasteiger partial charge in [-0.05, 0) is 31.4 Å². The number of carbonyl (C=O) groups excluding carboxylic acids is 1. The van der Waals surface area contributed by atoms with E-state index >= 15 is 0 Å². The molecule has 3 heteroatoms. The Morgan fingerprint density at radius 1 is 1.38 bits per heavy atom. The van der Waals surface area contributed by atoms with Crippen LogP contribution in [-0.2, 0) is 0 Å². The highest BCUT2D eigenvalue weighted by Crippen LogP contribution is 2.16. The van der Waals surface area contributed by atoms with E-state index in [-0.39, 0.29) is 23.3 Å². The minimum absolute atomic E-state index is 0.0250. The zero-order valence-electron chi connectivity index (χ0n) is 9.22. The lowest BCUT2D eigenvalue weighted by atomic mass is 10.0. The van der Waals surface area contributed by atoms with Gasteiger partial charge in [0.1, 0.15) is 11.6 Å². The van der Waals surface area contributed by atoms with Gasteiger partial charge in [0.25, 0.3) is 0 Å². The van der Waals surface area contributed by atoms with Crippen LogP contribution in [0.25, 0.3) is 0 Å². The summed E-state index contributed by atoms with van der Waals surface area (Å²) >= 11 is 0. The number of aryl methyl sites for hydroxylation is 1. The number of hydrogen-bond donors (Lipinski definition) is 0. The smallest absolute Gasteiger partial charge is 0.165 e. The van der Waals surface area contributed by atoms with Gasteiger partial charge in [0.05, 0.1) is 5.56 Å². The van der Waals surface area contributed by atoms with E-state index in [9.17, 15) is 13.6 Å². The zero-order valence-corrected chi connectivity index (χ0v) is 9.22. The molecule has 86 valence electrons. The van der Waals surface area contributed by atoms with Crippen molar-refractivity contribution in [2.24, 2.45) is 0 Å². The summed E-state index contributed by atoms with van der Waals surface area (Å²) in [6.45, 7) is 5.05. The lowest BCUT2D eigenvalue weighted by molar-refractivity contribution is 0.0976. The van der Waals surface area contributed by atoms with Gasteiger partial charge in [-0.15, -0.1) is 6.58 Å². The van der Waals surface area contributed by atoms with Crippen LogP contribution in [-0.4, -0.2) is 5.78 Å². The molecule has 0 spiro atoms. The lowest BCUT2D eigenvalue weighted by Crippen LogP contribution is -2.04. The molecular formula is C13H14F2O. The first-order chi connectivity index (χ1) is 7.56. The Balaban J connectivity index is 2.83. The molecule has 0 fully saturated rings. The van der Waals surface area contributed by atoms with Crippen LogP contribution in [0.3, 0.4) is 0 Å². The van der Waals surface area contributed by atoms with Crippen molar-refractivity contribution in [3.8, 4) is 0 Å². The van der Waals surface area contributed by atoms with Gasteiger partial charge >= 0.3 is 0 Å². The first kappa shape index (κ1) is 12.6. The standard InChI is InChI=1S/C13H14F2O/c1-3-4-5-6-13(16)10-7-9(2)11(14)8-12(10)15/h3,7-8H,1,4-6H2,2H3. The number of Topliss-reactive ketones (excluding diaryl/α,β-unsaturated/α-hetero) is 1. The van der Waals surface area contributed by atoms with Gasteiger partial charge in [0.2, 0.25) is 0 Å². The summed E-state index contributed by atoms with van der Waals surface area (Å²) in [7, 11) is 0.